The van der Waals surface area contributed by atoms with E-state index in [-0.39, 0.29) is 18.9 Å². The third kappa shape index (κ3) is 4.42. The Hall–Kier alpha value is -2.67. The molecule has 0 unspecified atom stereocenters. The van der Waals surface area contributed by atoms with Crippen LogP contribution in [0.3, 0.4) is 0 Å². The molecule has 28 heavy (non-hydrogen) atoms. The van der Waals surface area contributed by atoms with E-state index >= 15 is 0 Å². The summed E-state index contributed by atoms with van der Waals surface area (Å²) in [7, 11) is 0. The summed E-state index contributed by atoms with van der Waals surface area (Å²) in [5.74, 6) is -0.201. The van der Waals surface area contributed by atoms with Crippen LogP contribution in [0.1, 0.15) is 60.2 Å². The number of carbonyl (C=O) groups excluding carboxylic acids is 1. The van der Waals surface area contributed by atoms with E-state index in [1.54, 1.807) is 23.5 Å². The van der Waals surface area contributed by atoms with Gasteiger partial charge in [0.2, 0.25) is 0 Å². The highest BCUT2D eigenvalue weighted by Crippen LogP contribution is 2.28. The standard InChI is InChI=1S/C21H25N3O3S/c1-3-15(4-2)24-18-8-7-14(21(27)22-10-9-20(25)26)12-17(18)23-19(24)13-16-6-5-11-28-16/h5-8,11-12,15H,3-4,9-10,13H2,1-2H3,(H,22,27)(H,25,26). The molecule has 0 fully saturated rings. The Morgan fingerprint density at radius 1 is 1.25 bits per heavy atom. The normalized spacial score (nSPS) is 11.2. The van der Waals surface area contributed by atoms with E-state index in [4.69, 9.17) is 10.1 Å². The number of aliphatic carboxylic acids is 1. The number of amides is 1. The van der Waals surface area contributed by atoms with Gasteiger partial charge in [-0.2, -0.15) is 0 Å². The lowest BCUT2D eigenvalue weighted by Gasteiger charge is -2.18. The van der Waals surface area contributed by atoms with Gasteiger partial charge in [0.05, 0.1) is 17.5 Å². The predicted octanol–water partition coefficient (Wildman–Crippen LogP) is 4.25. The second-order valence-corrected chi connectivity index (χ2v) is 7.76. The summed E-state index contributed by atoms with van der Waals surface area (Å²) < 4.78 is 2.31. The van der Waals surface area contributed by atoms with Crippen molar-refractivity contribution in [2.45, 2.75) is 45.6 Å². The molecule has 7 heteroatoms. The first-order valence-corrected chi connectivity index (χ1v) is 10.4. The number of fused-ring (bicyclic) bond motifs is 1. The maximum Gasteiger partial charge on any atom is 0.305 e. The molecule has 0 radical (unpaired) electrons. The van der Waals surface area contributed by atoms with Crippen molar-refractivity contribution in [2.24, 2.45) is 0 Å². The quantitative estimate of drug-likeness (QED) is 0.563. The monoisotopic (exact) mass is 399 g/mol. The zero-order chi connectivity index (χ0) is 20.1. The van der Waals surface area contributed by atoms with Crippen LogP contribution in [0.5, 0.6) is 0 Å². The maximum atomic E-state index is 12.3. The zero-order valence-electron chi connectivity index (χ0n) is 16.1. The van der Waals surface area contributed by atoms with E-state index in [2.05, 4.69) is 35.2 Å². The van der Waals surface area contributed by atoms with Crippen molar-refractivity contribution in [2.75, 3.05) is 6.54 Å². The van der Waals surface area contributed by atoms with Crippen LogP contribution in [0.25, 0.3) is 11.0 Å². The molecular weight excluding hydrogens is 374 g/mol. The number of hydrogen-bond acceptors (Lipinski definition) is 4. The molecule has 2 N–H and O–H groups in total. The van der Waals surface area contributed by atoms with Gasteiger partial charge in [-0.15, -0.1) is 11.3 Å². The van der Waals surface area contributed by atoms with E-state index in [1.165, 1.54) is 4.88 Å². The minimum absolute atomic E-state index is 0.0950. The van der Waals surface area contributed by atoms with Crippen molar-refractivity contribution < 1.29 is 14.7 Å². The number of carbonyl (C=O) groups is 2. The molecule has 1 aromatic carbocycles. The van der Waals surface area contributed by atoms with Gasteiger partial charge in [0.25, 0.3) is 5.91 Å². The number of nitrogens with zero attached hydrogens (tertiary/aromatic N) is 2. The van der Waals surface area contributed by atoms with Crippen LogP contribution < -0.4 is 5.32 Å². The molecule has 2 aromatic heterocycles. The Labute approximate surface area is 168 Å². The average Bonchev–Trinajstić information content (AvgIpc) is 3.30. The first-order chi connectivity index (χ1) is 13.5. The van der Waals surface area contributed by atoms with Gasteiger partial charge >= 0.3 is 5.97 Å². The van der Waals surface area contributed by atoms with E-state index < -0.39 is 5.97 Å². The summed E-state index contributed by atoms with van der Waals surface area (Å²) in [6.07, 6.45) is 2.69. The SMILES string of the molecule is CCC(CC)n1c(Cc2cccs2)nc2cc(C(=O)NCCC(=O)O)ccc21. The lowest BCUT2D eigenvalue weighted by atomic mass is 10.1. The number of benzene rings is 1. The lowest BCUT2D eigenvalue weighted by molar-refractivity contribution is -0.136. The fraction of sp³-hybridized carbons (Fsp3) is 0.381. The van der Waals surface area contributed by atoms with E-state index in [1.807, 2.05) is 12.1 Å². The molecule has 0 aliphatic heterocycles. The summed E-state index contributed by atoms with van der Waals surface area (Å²) in [6, 6.07) is 10.0. The summed E-state index contributed by atoms with van der Waals surface area (Å²) in [6.45, 7) is 4.47. The third-order valence-corrected chi connectivity index (χ3v) is 5.75. The van der Waals surface area contributed by atoms with Crippen LogP contribution in [0, 0.1) is 0 Å². The lowest BCUT2D eigenvalue weighted by Crippen LogP contribution is -2.25. The molecule has 2 heterocycles. The van der Waals surface area contributed by atoms with Crippen LogP contribution in [0.15, 0.2) is 35.7 Å². The highest BCUT2D eigenvalue weighted by molar-refractivity contribution is 7.09. The van der Waals surface area contributed by atoms with Crippen molar-refractivity contribution >= 4 is 34.2 Å². The molecule has 0 bridgehead atoms. The fourth-order valence-corrected chi connectivity index (χ4v) is 4.13. The molecule has 0 aliphatic carbocycles. The summed E-state index contributed by atoms with van der Waals surface area (Å²) >= 11 is 1.72. The minimum Gasteiger partial charge on any atom is -0.481 e. The molecule has 3 rings (SSSR count). The second kappa shape index (κ2) is 9.01. The molecule has 0 atom stereocenters. The molecule has 1 amide bonds. The van der Waals surface area contributed by atoms with Gasteiger partial charge in [0.1, 0.15) is 5.82 Å². The van der Waals surface area contributed by atoms with Gasteiger partial charge in [-0.1, -0.05) is 19.9 Å². The molecule has 6 nitrogen and oxygen atoms in total. The molecular formula is C21H25N3O3S. The van der Waals surface area contributed by atoms with Crippen LogP contribution >= 0.6 is 11.3 Å². The van der Waals surface area contributed by atoms with Gasteiger partial charge in [0.15, 0.2) is 0 Å². The second-order valence-electron chi connectivity index (χ2n) is 6.73. The Bertz CT molecular complexity index is 959. The molecule has 0 saturated heterocycles. The molecule has 3 aromatic rings. The molecule has 148 valence electrons. The molecule has 0 aliphatic rings. The highest BCUT2D eigenvalue weighted by Gasteiger charge is 2.19. The Balaban J connectivity index is 1.94. The Morgan fingerprint density at radius 2 is 2.04 bits per heavy atom. The summed E-state index contributed by atoms with van der Waals surface area (Å²) in [5, 5.41) is 13.4. The third-order valence-electron chi connectivity index (χ3n) is 4.87. The first-order valence-electron chi connectivity index (χ1n) is 9.56. The highest BCUT2D eigenvalue weighted by atomic mass is 32.1. The van der Waals surface area contributed by atoms with Gasteiger partial charge in [-0.3, -0.25) is 9.59 Å². The largest absolute Gasteiger partial charge is 0.481 e. The number of carboxylic acid groups (broad SMARTS) is 1. The Morgan fingerprint density at radius 3 is 2.68 bits per heavy atom. The van der Waals surface area contributed by atoms with Crippen molar-refractivity contribution in [3.8, 4) is 0 Å². The number of hydrogen-bond donors (Lipinski definition) is 2. The minimum atomic E-state index is -0.933. The van der Waals surface area contributed by atoms with Crippen LogP contribution in [-0.4, -0.2) is 33.1 Å². The average molecular weight is 400 g/mol. The zero-order valence-corrected chi connectivity index (χ0v) is 17.0. The van der Waals surface area contributed by atoms with Gasteiger partial charge in [0, 0.05) is 29.4 Å². The summed E-state index contributed by atoms with van der Waals surface area (Å²) in [5.41, 5.74) is 2.32. The molecule has 0 spiro atoms. The van der Waals surface area contributed by atoms with Crippen LogP contribution in [0.4, 0.5) is 0 Å². The fourth-order valence-electron chi connectivity index (χ4n) is 3.43. The van der Waals surface area contributed by atoms with Crippen LogP contribution in [-0.2, 0) is 11.2 Å². The van der Waals surface area contributed by atoms with E-state index in [0.29, 0.717) is 11.6 Å². The van der Waals surface area contributed by atoms with E-state index in [0.717, 1.165) is 36.1 Å². The van der Waals surface area contributed by atoms with Crippen LogP contribution in [0.2, 0.25) is 0 Å². The molecule has 0 saturated carbocycles. The van der Waals surface area contributed by atoms with Gasteiger partial charge in [-0.05, 0) is 42.5 Å². The van der Waals surface area contributed by atoms with Crippen molar-refractivity contribution in [3.05, 3.63) is 52.0 Å². The number of nitrogens with one attached hydrogen (secondary N) is 1. The van der Waals surface area contributed by atoms with Crippen molar-refractivity contribution in [1.82, 2.24) is 14.9 Å². The first kappa shape index (κ1) is 20.1. The number of imidazole rings is 1. The number of carboxylic acids is 1. The smallest absolute Gasteiger partial charge is 0.305 e. The number of thiophene rings is 1. The predicted molar refractivity (Wildman–Crippen MR) is 111 cm³/mol. The Kier molecular flexibility index (Phi) is 6.46. The van der Waals surface area contributed by atoms with Gasteiger partial charge < -0.3 is 15.0 Å². The van der Waals surface area contributed by atoms with Crippen molar-refractivity contribution in [1.29, 1.82) is 0 Å². The van der Waals surface area contributed by atoms with Crippen molar-refractivity contribution in [3.63, 3.8) is 0 Å². The number of rotatable bonds is 9. The number of aromatic nitrogens is 2. The van der Waals surface area contributed by atoms with Gasteiger partial charge in [-0.25, -0.2) is 4.98 Å². The topological polar surface area (TPSA) is 84.2 Å². The maximum absolute atomic E-state index is 12.3. The summed E-state index contributed by atoms with van der Waals surface area (Å²) in [4.78, 5) is 29.1. The van der Waals surface area contributed by atoms with E-state index in [9.17, 15) is 9.59 Å².